The third-order valence-electron chi connectivity index (χ3n) is 6.93. The van der Waals surface area contributed by atoms with Gasteiger partial charge in [0.05, 0.1) is 5.56 Å². The van der Waals surface area contributed by atoms with Gasteiger partial charge in [0.1, 0.15) is 36.0 Å². The van der Waals surface area contributed by atoms with Gasteiger partial charge in [-0.2, -0.15) is 5.26 Å². The molecule has 3 heterocycles. The van der Waals surface area contributed by atoms with Gasteiger partial charge in [0.25, 0.3) is 0 Å². The molecular formula is C29H29N3O3. The number of hydrogen-bond acceptors (Lipinski definition) is 6. The SMILES string of the molecule is CCC1CN(CCOc2ccc(C3Oc4ccc(O)cc4C(C)=C3c3cncc(C#N)c3)cc2)C1. The Hall–Kier alpha value is -3.82. The molecule has 0 radical (unpaired) electrons. The first-order valence-corrected chi connectivity index (χ1v) is 12.1. The van der Waals surface area contributed by atoms with Crippen LogP contribution in [0.3, 0.4) is 0 Å². The number of phenolic OH excluding ortho intramolecular Hbond substituents is 1. The number of benzene rings is 2. The number of aromatic hydroxyl groups is 1. The third kappa shape index (κ3) is 4.73. The lowest BCUT2D eigenvalue weighted by Crippen LogP contribution is -2.47. The normalized spacial score (nSPS) is 17.8. The van der Waals surface area contributed by atoms with Gasteiger partial charge in [-0.1, -0.05) is 25.5 Å². The highest BCUT2D eigenvalue weighted by Gasteiger charge is 2.30. The number of nitrogens with zero attached hydrogens (tertiary/aromatic N) is 3. The maximum Gasteiger partial charge on any atom is 0.150 e. The highest BCUT2D eigenvalue weighted by molar-refractivity contribution is 5.95. The number of hydrogen-bond donors (Lipinski definition) is 1. The van der Waals surface area contributed by atoms with Gasteiger partial charge < -0.3 is 14.6 Å². The molecule has 6 nitrogen and oxygen atoms in total. The first-order chi connectivity index (χ1) is 17.1. The lowest BCUT2D eigenvalue weighted by Gasteiger charge is -2.38. The summed E-state index contributed by atoms with van der Waals surface area (Å²) in [6.45, 7) is 8.22. The van der Waals surface area contributed by atoms with Crippen molar-refractivity contribution < 1.29 is 14.6 Å². The van der Waals surface area contributed by atoms with Crippen LogP contribution in [-0.2, 0) is 0 Å². The topological polar surface area (TPSA) is 78.6 Å². The monoisotopic (exact) mass is 467 g/mol. The standard InChI is InChI=1S/C29H29N3O3/c1-3-20-17-32(18-20)10-11-34-25-7-4-22(5-8-25)29-28(23-12-21(14-30)15-31-16-23)19(2)26-13-24(33)6-9-27(26)35-29/h4-9,12-13,15-16,20,29,33H,3,10-11,17-18H2,1-2H3. The smallest absolute Gasteiger partial charge is 0.150 e. The molecule has 2 aromatic carbocycles. The number of aromatic nitrogens is 1. The van der Waals surface area contributed by atoms with Gasteiger partial charge in [0, 0.05) is 48.7 Å². The quantitative estimate of drug-likeness (QED) is 0.498. The van der Waals surface area contributed by atoms with Crippen LogP contribution < -0.4 is 9.47 Å². The van der Waals surface area contributed by atoms with Gasteiger partial charge in [0.2, 0.25) is 0 Å². The van der Waals surface area contributed by atoms with Gasteiger partial charge in [-0.3, -0.25) is 9.88 Å². The Labute approximate surface area is 206 Å². The number of likely N-dealkylation sites (tertiary alicyclic amines) is 1. The summed E-state index contributed by atoms with van der Waals surface area (Å²) in [5.74, 6) is 2.56. The van der Waals surface area contributed by atoms with Crippen LogP contribution in [-0.4, -0.2) is 41.2 Å². The minimum absolute atomic E-state index is 0.179. The first-order valence-electron chi connectivity index (χ1n) is 12.1. The molecule has 178 valence electrons. The largest absolute Gasteiger partial charge is 0.508 e. The number of phenols is 1. The predicted molar refractivity (Wildman–Crippen MR) is 135 cm³/mol. The van der Waals surface area contributed by atoms with E-state index < -0.39 is 0 Å². The van der Waals surface area contributed by atoms with E-state index in [1.165, 1.54) is 19.5 Å². The lowest BCUT2D eigenvalue weighted by molar-refractivity contribution is 0.0806. The van der Waals surface area contributed by atoms with E-state index in [4.69, 9.17) is 9.47 Å². The molecule has 1 fully saturated rings. The molecule has 1 aromatic heterocycles. The Kier molecular flexibility index (Phi) is 6.43. The maximum absolute atomic E-state index is 10.1. The maximum atomic E-state index is 10.1. The van der Waals surface area contributed by atoms with E-state index in [-0.39, 0.29) is 11.9 Å². The summed E-state index contributed by atoms with van der Waals surface area (Å²) >= 11 is 0. The number of pyridine rings is 1. The second-order valence-corrected chi connectivity index (χ2v) is 9.24. The fourth-order valence-electron chi connectivity index (χ4n) is 4.84. The van der Waals surface area contributed by atoms with E-state index in [0.717, 1.165) is 46.0 Å². The van der Waals surface area contributed by atoms with E-state index in [1.807, 2.05) is 37.3 Å². The summed E-state index contributed by atoms with van der Waals surface area (Å²) in [7, 11) is 0. The molecule has 0 saturated carbocycles. The van der Waals surface area contributed by atoms with E-state index in [9.17, 15) is 10.4 Å². The molecule has 6 heteroatoms. The van der Waals surface area contributed by atoms with Crippen LogP contribution in [0.1, 0.15) is 48.6 Å². The van der Waals surface area contributed by atoms with Crippen molar-refractivity contribution in [3.8, 4) is 23.3 Å². The fourth-order valence-corrected chi connectivity index (χ4v) is 4.84. The molecule has 1 N–H and O–H groups in total. The van der Waals surface area contributed by atoms with Crippen molar-refractivity contribution >= 4 is 11.1 Å². The summed E-state index contributed by atoms with van der Waals surface area (Å²) in [4.78, 5) is 6.69. The van der Waals surface area contributed by atoms with Gasteiger partial charge in [-0.05, 0) is 60.4 Å². The Morgan fingerprint density at radius 1 is 1.14 bits per heavy atom. The summed E-state index contributed by atoms with van der Waals surface area (Å²) in [5.41, 5.74) is 5.00. The Morgan fingerprint density at radius 2 is 1.94 bits per heavy atom. The van der Waals surface area contributed by atoms with Crippen molar-refractivity contribution in [2.24, 2.45) is 5.92 Å². The van der Waals surface area contributed by atoms with Crippen LogP contribution in [0, 0.1) is 17.2 Å². The molecule has 35 heavy (non-hydrogen) atoms. The van der Waals surface area contributed by atoms with Crippen LogP contribution in [0.5, 0.6) is 17.2 Å². The second kappa shape index (κ2) is 9.81. The molecular weight excluding hydrogens is 438 g/mol. The minimum Gasteiger partial charge on any atom is -0.508 e. The number of ether oxygens (including phenoxy) is 2. The highest BCUT2D eigenvalue weighted by atomic mass is 16.5. The lowest BCUT2D eigenvalue weighted by atomic mass is 9.86. The van der Waals surface area contributed by atoms with Crippen molar-refractivity contribution in [3.63, 3.8) is 0 Å². The van der Waals surface area contributed by atoms with Crippen molar-refractivity contribution in [1.82, 2.24) is 9.88 Å². The molecule has 0 spiro atoms. The Morgan fingerprint density at radius 3 is 2.69 bits per heavy atom. The third-order valence-corrected chi connectivity index (χ3v) is 6.93. The zero-order valence-electron chi connectivity index (χ0n) is 20.1. The van der Waals surface area contributed by atoms with Crippen molar-refractivity contribution in [3.05, 3.63) is 83.2 Å². The number of nitriles is 1. The van der Waals surface area contributed by atoms with Crippen LogP contribution in [0.2, 0.25) is 0 Å². The first kappa shape index (κ1) is 22.9. The number of fused-ring (bicyclic) bond motifs is 1. The molecule has 1 saturated heterocycles. The van der Waals surface area contributed by atoms with Crippen molar-refractivity contribution in [2.45, 2.75) is 26.4 Å². The van der Waals surface area contributed by atoms with E-state index in [2.05, 4.69) is 22.9 Å². The molecule has 2 aliphatic heterocycles. The molecule has 1 atom stereocenters. The van der Waals surface area contributed by atoms with Gasteiger partial charge in [0.15, 0.2) is 0 Å². The van der Waals surface area contributed by atoms with E-state index in [1.54, 1.807) is 30.6 Å². The molecule has 2 aliphatic rings. The summed E-state index contributed by atoms with van der Waals surface area (Å²) in [6, 6.07) is 17.1. The Balaban J connectivity index is 1.40. The van der Waals surface area contributed by atoms with Crippen LogP contribution in [0.4, 0.5) is 0 Å². The van der Waals surface area contributed by atoms with Crippen molar-refractivity contribution in [1.29, 1.82) is 5.26 Å². The molecule has 0 bridgehead atoms. The average molecular weight is 468 g/mol. The van der Waals surface area contributed by atoms with E-state index in [0.29, 0.717) is 17.9 Å². The summed E-state index contributed by atoms with van der Waals surface area (Å²) < 4.78 is 12.4. The zero-order valence-corrected chi connectivity index (χ0v) is 20.1. The summed E-state index contributed by atoms with van der Waals surface area (Å²) in [5, 5.41) is 19.5. The average Bonchev–Trinajstić information content (AvgIpc) is 2.86. The predicted octanol–water partition coefficient (Wildman–Crippen LogP) is 5.44. The van der Waals surface area contributed by atoms with Gasteiger partial charge in [-0.25, -0.2) is 0 Å². The molecule has 5 rings (SSSR count). The molecule has 1 unspecified atom stereocenters. The second-order valence-electron chi connectivity index (χ2n) is 9.24. The fraction of sp³-hybridized carbons (Fsp3) is 0.310. The van der Waals surface area contributed by atoms with Gasteiger partial charge >= 0.3 is 0 Å². The van der Waals surface area contributed by atoms with Crippen LogP contribution in [0.25, 0.3) is 11.1 Å². The van der Waals surface area contributed by atoms with Crippen LogP contribution >= 0.6 is 0 Å². The Bertz CT molecular complexity index is 1290. The molecule has 0 amide bonds. The minimum atomic E-state index is -0.385. The van der Waals surface area contributed by atoms with Crippen molar-refractivity contribution in [2.75, 3.05) is 26.2 Å². The van der Waals surface area contributed by atoms with E-state index >= 15 is 0 Å². The summed E-state index contributed by atoms with van der Waals surface area (Å²) in [6.07, 6.45) is 4.16. The molecule has 3 aromatic rings. The zero-order chi connectivity index (χ0) is 24.4. The molecule has 0 aliphatic carbocycles. The van der Waals surface area contributed by atoms with Crippen LogP contribution in [0.15, 0.2) is 60.9 Å². The number of rotatable bonds is 7. The van der Waals surface area contributed by atoms with Gasteiger partial charge in [-0.15, -0.1) is 0 Å². The number of allylic oxidation sites excluding steroid dienone is 1. The highest BCUT2D eigenvalue weighted by Crippen LogP contribution is 2.47.